The Morgan fingerprint density at radius 3 is 2.04 bits per heavy atom. The van der Waals surface area contributed by atoms with Gasteiger partial charge >= 0.3 is 5.97 Å². The maximum absolute atomic E-state index is 14.1. The lowest BCUT2D eigenvalue weighted by Crippen LogP contribution is -2.67. The number of esters is 1. The largest absolute Gasteiger partial charge is 0.441 e. The number of ether oxygens (including phenoxy) is 1. The Morgan fingerprint density at radius 1 is 0.792 bits per heavy atom. The highest BCUT2D eigenvalue weighted by Gasteiger charge is 2.59. The summed E-state index contributed by atoms with van der Waals surface area (Å²) in [6.45, 7) is 2.10. The van der Waals surface area contributed by atoms with Gasteiger partial charge in [-0.25, -0.2) is 4.79 Å². The maximum Gasteiger partial charge on any atom is 0.340 e. The molecule has 9 rings (SSSR count). The van der Waals surface area contributed by atoms with E-state index in [-0.39, 0.29) is 30.8 Å². The Kier molecular flexibility index (Phi) is 6.69. The van der Waals surface area contributed by atoms with Gasteiger partial charge in [-0.2, -0.15) is 0 Å². The first-order chi connectivity index (χ1) is 23.4. The van der Waals surface area contributed by atoms with Crippen LogP contribution in [0.2, 0.25) is 12.1 Å². The van der Waals surface area contributed by atoms with E-state index in [4.69, 9.17) is 4.74 Å². The second kappa shape index (κ2) is 10.9. The van der Waals surface area contributed by atoms with Crippen molar-refractivity contribution in [2.45, 2.75) is 62.6 Å². The van der Waals surface area contributed by atoms with Gasteiger partial charge in [-0.05, 0) is 95.7 Å². The molecule has 9 nitrogen and oxygen atoms in total. The molecule has 1 saturated heterocycles. The number of hydrogen-bond acceptors (Lipinski definition) is 7. The van der Waals surface area contributed by atoms with Crippen LogP contribution in [0.3, 0.4) is 0 Å². The van der Waals surface area contributed by atoms with Crippen molar-refractivity contribution in [3.05, 3.63) is 93.6 Å². The van der Waals surface area contributed by atoms with Crippen molar-refractivity contribution in [2.24, 2.45) is 0 Å². The van der Waals surface area contributed by atoms with Gasteiger partial charge in [0, 0.05) is 72.0 Å². The summed E-state index contributed by atoms with van der Waals surface area (Å²) in [4.78, 5) is 52.3. The molecular weight excluding hydrogens is 621 g/mol. The molecule has 0 bridgehead atoms. The first kappa shape index (κ1) is 29.4. The van der Waals surface area contributed by atoms with E-state index >= 15 is 0 Å². The number of amides is 3. The van der Waals surface area contributed by atoms with Crippen molar-refractivity contribution in [3.63, 3.8) is 0 Å². The average molecular weight is 659 g/mol. The molecule has 6 aliphatic heterocycles. The van der Waals surface area contributed by atoms with Gasteiger partial charge in [-0.1, -0.05) is 25.3 Å². The number of nitrogens with zero attached hydrogens (tertiary/aromatic N) is 1. The van der Waals surface area contributed by atoms with E-state index < -0.39 is 19.6 Å². The number of carbonyl (C=O) groups excluding carboxylic acids is 4. The maximum atomic E-state index is 14.1. The molecule has 0 aliphatic carbocycles. The van der Waals surface area contributed by atoms with E-state index in [9.17, 15) is 19.2 Å². The molecule has 0 unspecified atom stereocenters. The summed E-state index contributed by atoms with van der Waals surface area (Å²) in [5.41, 5.74) is 7.65. The predicted molar refractivity (Wildman–Crippen MR) is 185 cm³/mol. The second-order valence-electron chi connectivity index (χ2n) is 14.1. The SMILES string of the molecule is O=C(NCCN1C(=O)C=CC1=O)c1ccc2c(c1)C(=O)OC21c2cc3c(cc2[Si]2(CCCCC2)c2cc4c(cc21)CCCN4)NCCC3. The Morgan fingerprint density at radius 2 is 1.42 bits per heavy atom. The second-order valence-corrected chi connectivity index (χ2v) is 18.3. The lowest BCUT2D eigenvalue weighted by molar-refractivity contribution is -0.136. The van der Waals surface area contributed by atoms with Gasteiger partial charge in [0.15, 0.2) is 5.60 Å². The molecule has 0 aromatic heterocycles. The fraction of sp³-hybridized carbons (Fsp3) is 0.368. The Hall–Kier alpha value is -4.70. The highest BCUT2D eigenvalue weighted by molar-refractivity contribution is 7.03. The summed E-state index contributed by atoms with van der Waals surface area (Å²) in [5.74, 6) is -1.58. The van der Waals surface area contributed by atoms with Crippen molar-refractivity contribution < 1.29 is 23.9 Å². The van der Waals surface area contributed by atoms with E-state index in [1.54, 1.807) is 12.1 Å². The number of hydrogen-bond donors (Lipinski definition) is 3. The average Bonchev–Trinajstić information content (AvgIpc) is 3.60. The zero-order chi connectivity index (χ0) is 32.6. The molecule has 3 amide bonds. The van der Waals surface area contributed by atoms with Crippen LogP contribution < -0.4 is 26.3 Å². The minimum atomic E-state index is -2.22. The van der Waals surface area contributed by atoms with Crippen LogP contribution in [0.1, 0.15) is 80.6 Å². The van der Waals surface area contributed by atoms with Crippen molar-refractivity contribution in [1.29, 1.82) is 0 Å². The molecule has 6 heterocycles. The van der Waals surface area contributed by atoms with Crippen LogP contribution in [0, 0.1) is 0 Å². The highest BCUT2D eigenvalue weighted by atomic mass is 28.3. The van der Waals surface area contributed by atoms with Crippen molar-refractivity contribution in [3.8, 4) is 0 Å². The molecule has 6 aliphatic rings. The van der Waals surface area contributed by atoms with Gasteiger partial charge in [0.2, 0.25) is 0 Å². The van der Waals surface area contributed by atoms with Gasteiger partial charge in [0.05, 0.1) is 5.56 Å². The zero-order valence-corrected chi connectivity index (χ0v) is 27.9. The van der Waals surface area contributed by atoms with Crippen LogP contribution >= 0.6 is 0 Å². The number of benzene rings is 3. The first-order valence-corrected chi connectivity index (χ1v) is 19.8. The molecule has 0 radical (unpaired) electrons. The molecule has 48 heavy (non-hydrogen) atoms. The number of fused-ring (bicyclic) bond motifs is 10. The first-order valence-electron chi connectivity index (χ1n) is 17.4. The Bertz CT molecular complexity index is 1890. The van der Waals surface area contributed by atoms with Gasteiger partial charge in [0.1, 0.15) is 8.07 Å². The summed E-state index contributed by atoms with van der Waals surface area (Å²) in [6.07, 6.45) is 10.2. The minimum Gasteiger partial charge on any atom is -0.441 e. The predicted octanol–water partition coefficient (Wildman–Crippen LogP) is 3.58. The van der Waals surface area contributed by atoms with Crippen LogP contribution in [0.25, 0.3) is 0 Å². The summed E-state index contributed by atoms with van der Waals surface area (Å²) in [5, 5.41) is 13.0. The quantitative estimate of drug-likeness (QED) is 0.223. The molecule has 244 valence electrons. The summed E-state index contributed by atoms with van der Waals surface area (Å²) in [7, 11) is -2.22. The third-order valence-corrected chi connectivity index (χ3v) is 16.8. The standard InChI is InChI=1S/C38H38N4O5Si/c43-34-10-11-35(44)42(34)15-14-41-36(45)25-8-9-27-26(18-25)37(46)47-38(27)28-19-23-6-4-12-39-30(23)21-32(28)48(16-2-1-3-17-48)33-22-31-24(20-29(33)38)7-5-13-40-31/h8-11,18-22,39-40H,1-7,12-17H2,(H,41,45). The molecule has 2 spiro atoms. The molecular formula is C38H38N4O5Si. The number of carbonyl (C=O) groups is 4. The fourth-order valence-electron chi connectivity index (χ4n) is 9.24. The number of aryl methyl sites for hydroxylation is 2. The van der Waals surface area contributed by atoms with E-state index in [2.05, 4.69) is 40.2 Å². The lowest BCUT2D eigenvalue weighted by Gasteiger charge is -2.49. The summed E-state index contributed by atoms with van der Waals surface area (Å²) < 4.78 is 6.76. The van der Waals surface area contributed by atoms with E-state index in [1.807, 2.05) is 6.07 Å². The monoisotopic (exact) mass is 658 g/mol. The van der Waals surface area contributed by atoms with Gasteiger partial charge in [0.25, 0.3) is 17.7 Å². The van der Waals surface area contributed by atoms with Gasteiger partial charge in [-0.15, -0.1) is 0 Å². The third kappa shape index (κ3) is 4.20. The number of nitrogens with one attached hydrogen (secondary N) is 3. The molecule has 0 atom stereocenters. The Labute approximate surface area is 280 Å². The zero-order valence-electron chi connectivity index (χ0n) is 26.9. The molecule has 0 saturated carbocycles. The summed E-state index contributed by atoms with van der Waals surface area (Å²) in [6, 6.07) is 17.3. The highest BCUT2D eigenvalue weighted by Crippen LogP contribution is 2.52. The molecule has 10 heteroatoms. The molecule has 1 fully saturated rings. The van der Waals surface area contributed by atoms with Crippen LogP contribution in [0.5, 0.6) is 0 Å². The minimum absolute atomic E-state index is 0.0735. The van der Waals surface area contributed by atoms with Crippen molar-refractivity contribution >= 4 is 53.5 Å². The Balaban J connectivity index is 1.18. The number of rotatable bonds is 4. The smallest absolute Gasteiger partial charge is 0.340 e. The van der Waals surface area contributed by atoms with Crippen LogP contribution in [0.15, 0.2) is 54.6 Å². The third-order valence-electron chi connectivity index (χ3n) is 11.5. The normalized spacial score (nSPS) is 20.7. The van der Waals surface area contributed by atoms with E-state index in [0.717, 1.165) is 60.4 Å². The van der Waals surface area contributed by atoms with E-state index in [1.165, 1.54) is 76.4 Å². The summed E-state index contributed by atoms with van der Waals surface area (Å²) >= 11 is 0. The van der Waals surface area contributed by atoms with Crippen LogP contribution in [-0.2, 0) is 32.8 Å². The van der Waals surface area contributed by atoms with Gasteiger partial charge in [-0.3, -0.25) is 19.3 Å². The van der Waals surface area contributed by atoms with E-state index in [0.29, 0.717) is 11.1 Å². The molecule has 3 aromatic carbocycles. The fourth-order valence-corrected chi connectivity index (χ4v) is 14.9. The van der Waals surface area contributed by atoms with Gasteiger partial charge < -0.3 is 20.7 Å². The topological polar surface area (TPSA) is 117 Å². The number of anilines is 2. The molecule has 3 aromatic rings. The number of imide groups is 1. The molecule has 3 N–H and O–H groups in total. The lowest BCUT2D eigenvalue weighted by atomic mass is 9.77. The van der Waals surface area contributed by atoms with Crippen LogP contribution in [-0.4, -0.2) is 62.8 Å². The van der Waals surface area contributed by atoms with Crippen LogP contribution in [0.4, 0.5) is 11.4 Å². The van der Waals surface area contributed by atoms with Crippen molar-refractivity contribution in [2.75, 3.05) is 36.8 Å². The van der Waals surface area contributed by atoms with Crippen molar-refractivity contribution in [1.82, 2.24) is 10.2 Å².